The van der Waals surface area contributed by atoms with Crippen LogP contribution >= 0.6 is 40.0 Å². The molecule has 0 saturated carbocycles. The Morgan fingerprint density at radius 1 is 0.432 bits per heavy atom. The molecule has 4 aromatic rings. The van der Waals surface area contributed by atoms with Gasteiger partial charge in [-0.15, -0.1) is 0 Å². The van der Waals surface area contributed by atoms with E-state index in [-0.39, 0.29) is 0 Å². The first kappa shape index (κ1) is 28.9. The van der Waals surface area contributed by atoms with Gasteiger partial charge in [-0.05, 0) is 133 Å². The van der Waals surface area contributed by atoms with E-state index in [2.05, 4.69) is 140 Å². The first-order valence-corrected chi connectivity index (χ1v) is 22.2. The Balaban J connectivity index is 0.000000157. The summed E-state index contributed by atoms with van der Waals surface area (Å²) < 4.78 is 0. The van der Waals surface area contributed by atoms with Crippen LogP contribution in [0.5, 0.6) is 0 Å². The molecule has 0 radical (unpaired) electrons. The van der Waals surface area contributed by atoms with Crippen molar-refractivity contribution in [3.63, 3.8) is 0 Å². The molecular formula is C34H36I2V. The van der Waals surface area contributed by atoms with Crippen LogP contribution in [-0.4, -0.2) is 0 Å². The molecule has 37 heavy (non-hydrogen) atoms. The van der Waals surface area contributed by atoms with Crippen LogP contribution in [0.15, 0.2) is 72.8 Å². The number of halogens is 2. The zero-order valence-corrected chi connectivity index (χ0v) is 28.1. The summed E-state index contributed by atoms with van der Waals surface area (Å²) in [6.45, 7) is 8.95. The molecule has 6 rings (SSSR count). The van der Waals surface area contributed by atoms with Crippen LogP contribution in [0.3, 0.4) is 0 Å². The predicted molar refractivity (Wildman–Crippen MR) is 175 cm³/mol. The van der Waals surface area contributed by atoms with Crippen molar-refractivity contribution in [1.29, 1.82) is 0 Å². The van der Waals surface area contributed by atoms with E-state index in [9.17, 15) is 0 Å². The SMILES string of the molecule is Cc1cccc2c1-c1c(C)cccc1CCC2.Cc1cccc2c1-c1c(C)cccc1CCC2.[I][V][I]. The second kappa shape index (κ2) is 13.8. The van der Waals surface area contributed by atoms with E-state index in [1.807, 2.05) is 0 Å². The zero-order chi connectivity index (χ0) is 26.4. The molecule has 0 aliphatic heterocycles. The Bertz CT molecular complexity index is 1160. The van der Waals surface area contributed by atoms with Gasteiger partial charge in [-0.3, -0.25) is 0 Å². The maximum atomic E-state index is 2.37. The van der Waals surface area contributed by atoms with Crippen LogP contribution in [0, 0.1) is 27.7 Å². The second-order valence-corrected chi connectivity index (χ2v) is 22.0. The van der Waals surface area contributed by atoms with E-state index < -0.39 is 0 Å². The second-order valence-electron chi connectivity index (χ2n) is 10.2. The fourth-order valence-electron chi connectivity index (χ4n) is 6.12. The van der Waals surface area contributed by atoms with Crippen LogP contribution in [0.25, 0.3) is 22.3 Å². The molecule has 0 fully saturated rings. The number of rotatable bonds is 0. The Morgan fingerprint density at radius 3 is 0.865 bits per heavy atom. The molecule has 0 spiro atoms. The molecular weight excluding hydrogens is 713 g/mol. The van der Waals surface area contributed by atoms with Gasteiger partial charge >= 0.3 is 49.4 Å². The third-order valence-corrected chi connectivity index (χ3v) is 7.72. The minimum atomic E-state index is 0.628. The summed E-state index contributed by atoms with van der Waals surface area (Å²) in [6.07, 6.45) is 7.40. The van der Waals surface area contributed by atoms with Crippen molar-refractivity contribution in [3.05, 3.63) is 117 Å². The van der Waals surface area contributed by atoms with Crippen molar-refractivity contribution in [3.8, 4) is 22.3 Å². The number of aryl methyl sites for hydroxylation is 8. The molecule has 2 aliphatic carbocycles. The minimum absolute atomic E-state index is 0.628. The molecule has 191 valence electrons. The zero-order valence-electron chi connectivity index (χ0n) is 22.4. The van der Waals surface area contributed by atoms with Crippen molar-refractivity contribution in [2.75, 3.05) is 0 Å². The van der Waals surface area contributed by atoms with Crippen molar-refractivity contribution in [2.45, 2.75) is 66.2 Å². The Hall–Kier alpha value is -1.08. The summed E-state index contributed by atoms with van der Waals surface area (Å²) in [6, 6.07) is 26.9. The third-order valence-electron chi connectivity index (χ3n) is 7.72. The van der Waals surface area contributed by atoms with E-state index in [0.717, 1.165) is 0 Å². The maximum absolute atomic E-state index is 2.37. The van der Waals surface area contributed by atoms with Crippen LogP contribution in [0.1, 0.15) is 57.3 Å². The quantitative estimate of drug-likeness (QED) is 0.157. The van der Waals surface area contributed by atoms with E-state index in [1.165, 1.54) is 105 Å². The normalized spacial score (nSPS) is 13.0. The van der Waals surface area contributed by atoms with Gasteiger partial charge in [-0.2, -0.15) is 0 Å². The van der Waals surface area contributed by atoms with Crippen LogP contribution in [-0.2, 0) is 35.1 Å². The summed E-state index contributed by atoms with van der Waals surface area (Å²) in [5.74, 6) is 0. The van der Waals surface area contributed by atoms with Crippen molar-refractivity contribution in [2.24, 2.45) is 0 Å². The van der Waals surface area contributed by atoms with Gasteiger partial charge in [0.1, 0.15) is 0 Å². The summed E-state index contributed by atoms with van der Waals surface area (Å²) >= 11 is 4.74. The molecule has 0 N–H and O–H groups in total. The summed E-state index contributed by atoms with van der Waals surface area (Å²) in [7, 11) is 0.628. The summed E-state index contributed by atoms with van der Waals surface area (Å²) in [5, 5.41) is 0. The summed E-state index contributed by atoms with van der Waals surface area (Å²) in [4.78, 5) is 0. The molecule has 0 bridgehead atoms. The van der Waals surface area contributed by atoms with E-state index in [0.29, 0.717) is 9.47 Å². The first-order chi connectivity index (χ1) is 18.0. The number of hydrogen-bond donors (Lipinski definition) is 0. The van der Waals surface area contributed by atoms with Gasteiger partial charge in [0.05, 0.1) is 0 Å². The van der Waals surface area contributed by atoms with Crippen LogP contribution < -0.4 is 0 Å². The average Bonchev–Trinajstić information content (AvgIpc) is 3.19. The molecule has 0 atom stereocenters. The third kappa shape index (κ3) is 6.74. The van der Waals surface area contributed by atoms with Gasteiger partial charge in [-0.25, -0.2) is 0 Å². The Morgan fingerprint density at radius 2 is 0.649 bits per heavy atom. The van der Waals surface area contributed by atoms with Gasteiger partial charge < -0.3 is 0 Å². The monoisotopic (exact) mass is 749 g/mol. The Labute approximate surface area is 252 Å². The molecule has 0 heterocycles. The number of fused-ring (bicyclic) bond motifs is 6. The Kier molecular flexibility index (Phi) is 10.8. The van der Waals surface area contributed by atoms with Gasteiger partial charge in [0, 0.05) is 0 Å². The first-order valence-electron chi connectivity index (χ1n) is 13.2. The standard InChI is InChI=1S/2C17H18.2HI.V/c2*1-12-6-3-8-14-10-5-11-15-9-4-7-13(2)17(15)16(12)14;;;/h2*3-4,6-9H,5,10-11H2,1-2H3;2*1H;/q;;;;+2/p-2. The average molecular weight is 749 g/mol. The van der Waals surface area contributed by atoms with Crippen LogP contribution in [0.2, 0.25) is 0 Å². The topological polar surface area (TPSA) is 0 Å². The molecule has 0 unspecified atom stereocenters. The number of hydrogen-bond acceptors (Lipinski definition) is 0. The molecule has 0 aromatic heterocycles. The van der Waals surface area contributed by atoms with Gasteiger partial charge in [0.15, 0.2) is 0 Å². The van der Waals surface area contributed by atoms with Crippen molar-refractivity contribution >= 4 is 40.0 Å². The fourth-order valence-corrected chi connectivity index (χ4v) is 6.12. The van der Waals surface area contributed by atoms with Gasteiger partial charge in [0.25, 0.3) is 0 Å². The molecule has 3 heteroatoms. The fraction of sp³-hybridized carbons (Fsp3) is 0.294. The number of benzene rings is 4. The van der Waals surface area contributed by atoms with E-state index in [1.54, 1.807) is 0 Å². The molecule has 4 aromatic carbocycles. The van der Waals surface area contributed by atoms with E-state index >= 15 is 0 Å². The van der Waals surface area contributed by atoms with Gasteiger partial charge in [0.2, 0.25) is 0 Å². The predicted octanol–water partition coefficient (Wildman–Crippen LogP) is 10.7. The van der Waals surface area contributed by atoms with E-state index in [4.69, 9.17) is 0 Å². The van der Waals surface area contributed by atoms with Crippen molar-refractivity contribution in [1.82, 2.24) is 0 Å². The molecule has 2 aliphatic rings. The van der Waals surface area contributed by atoms with Crippen molar-refractivity contribution < 1.29 is 9.47 Å². The van der Waals surface area contributed by atoms with Crippen LogP contribution in [0.4, 0.5) is 0 Å². The molecule has 0 saturated heterocycles. The van der Waals surface area contributed by atoms with Gasteiger partial charge in [-0.1, -0.05) is 72.8 Å². The molecule has 0 nitrogen and oxygen atoms in total. The summed E-state index contributed by atoms with van der Waals surface area (Å²) in [5.41, 5.74) is 17.8. The molecule has 0 amide bonds.